The molecule has 25 heavy (non-hydrogen) atoms. The van der Waals surface area contributed by atoms with Crippen LogP contribution in [0.4, 0.5) is 0 Å². The molecule has 0 aliphatic carbocycles. The van der Waals surface area contributed by atoms with Crippen LogP contribution in [0, 0.1) is 0 Å². The zero-order valence-corrected chi connectivity index (χ0v) is 17.1. The monoisotopic (exact) mass is 386 g/mol. The van der Waals surface area contributed by atoms with Gasteiger partial charge in [-0.3, -0.25) is 0 Å². The van der Waals surface area contributed by atoms with Crippen LogP contribution in [0.25, 0.3) is 0 Å². The Bertz CT molecular complexity index is 720. The number of aromatic nitrogens is 2. The molecule has 0 radical (unpaired) electrons. The topological polar surface area (TPSA) is 87.6 Å². The maximum absolute atomic E-state index is 12.8. The lowest BCUT2D eigenvalue weighted by atomic mass is 10.1. The average molecular weight is 387 g/mol. The molecule has 0 spiro atoms. The molecule has 0 N–H and O–H groups in total. The van der Waals surface area contributed by atoms with E-state index < -0.39 is 29.5 Å². The maximum atomic E-state index is 12.8. The Morgan fingerprint density at radius 1 is 1.12 bits per heavy atom. The molecule has 0 bridgehead atoms. The molecule has 2 aliphatic heterocycles. The average Bonchev–Trinajstić information content (AvgIpc) is 3.10. The molecular weight excluding hydrogens is 360 g/mol. The molecule has 4 atom stereocenters. The first kappa shape index (κ1) is 18.9. The molecule has 2 fully saturated rings. The lowest BCUT2D eigenvalue weighted by Gasteiger charge is -2.39. The van der Waals surface area contributed by atoms with Crippen LogP contribution in [0.3, 0.4) is 0 Å². The second kappa shape index (κ2) is 6.38. The number of fused-ring (bicyclic) bond motifs is 1. The fourth-order valence-electron chi connectivity index (χ4n) is 2.92. The second-order valence-corrected chi connectivity index (χ2v) is 14.9. The van der Waals surface area contributed by atoms with E-state index in [1.807, 2.05) is 0 Å². The minimum absolute atomic E-state index is 0.0625. The van der Waals surface area contributed by atoms with E-state index in [1.54, 1.807) is 6.07 Å². The highest BCUT2D eigenvalue weighted by atomic mass is 32.2. The quantitative estimate of drug-likeness (QED) is 0.576. The normalized spacial score (nSPS) is 30.4. The number of hydrogen-bond donors (Lipinski definition) is 0. The smallest absolute Gasteiger partial charge is 0.247 e. The molecule has 0 unspecified atom stereocenters. The van der Waals surface area contributed by atoms with Gasteiger partial charge in [-0.2, -0.15) is 0 Å². The van der Waals surface area contributed by atoms with E-state index in [-0.39, 0.29) is 29.0 Å². The Morgan fingerprint density at radius 2 is 1.72 bits per heavy atom. The van der Waals surface area contributed by atoms with Crippen molar-refractivity contribution in [2.45, 2.75) is 67.6 Å². The highest BCUT2D eigenvalue weighted by Crippen LogP contribution is 2.41. The maximum Gasteiger partial charge on any atom is 0.247 e. The highest BCUT2D eigenvalue weighted by Gasteiger charge is 2.55. The van der Waals surface area contributed by atoms with Crippen molar-refractivity contribution < 1.29 is 22.3 Å². The molecule has 1 aromatic rings. The van der Waals surface area contributed by atoms with Gasteiger partial charge in [-0.1, -0.05) is 20.8 Å². The van der Waals surface area contributed by atoms with E-state index in [0.29, 0.717) is 6.61 Å². The summed E-state index contributed by atoms with van der Waals surface area (Å²) in [4.78, 5) is 7.77. The predicted octanol–water partition coefficient (Wildman–Crippen LogP) is 1.81. The van der Waals surface area contributed by atoms with Gasteiger partial charge in [-0.05, 0) is 24.2 Å². The minimum Gasteiger partial charge on any atom is -0.409 e. The minimum atomic E-state index is -3.70. The van der Waals surface area contributed by atoms with Crippen molar-refractivity contribution in [3.63, 3.8) is 0 Å². The summed E-state index contributed by atoms with van der Waals surface area (Å²) in [5, 5.41) is -0.915. The van der Waals surface area contributed by atoms with Crippen LogP contribution >= 0.6 is 0 Å². The van der Waals surface area contributed by atoms with Gasteiger partial charge in [0.2, 0.25) is 15.0 Å². The van der Waals surface area contributed by atoms with Crippen molar-refractivity contribution in [3.05, 3.63) is 18.5 Å². The molecule has 0 aromatic carbocycles. The fourth-order valence-corrected chi connectivity index (χ4v) is 5.76. The molecule has 9 heteroatoms. The first-order chi connectivity index (χ1) is 11.5. The number of nitrogens with zero attached hydrogens (tertiary/aromatic N) is 2. The lowest BCUT2D eigenvalue weighted by molar-refractivity contribution is 0.0246. The van der Waals surface area contributed by atoms with Crippen LogP contribution in [0.1, 0.15) is 20.8 Å². The Hall–Kier alpha value is -0.873. The first-order valence-corrected chi connectivity index (χ1v) is 12.9. The van der Waals surface area contributed by atoms with Crippen molar-refractivity contribution in [2.75, 3.05) is 13.2 Å². The lowest BCUT2D eigenvalue weighted by Crippen LogP contribution is -2.47. The fraction of sp³-hybridized carbons (Fsp3) is 0.750. The van der Waals surface area contributed by atoms with Crippen LogP contribution in [-0.2, 0) is 23.7 Å². The molecule has 7 nitrogen and oxygen atoms in total. The van der Waals surface area contributed by atoms with Crippen LogP contribution in [0.2, 0.25) is 18.1 Å². The van der Waals surface area contributed by atoms with Crippen molar-refractivity contribution in [3.8, 4) is 0 Å². The molecule has 3 rings (SSSR count). The van der Waals surface area contributed by atoms with Gasteiger partial charge in [0.05, 0.1) is 19.3 Å². The zero-order valence-electron chi connectivity index (χ0n) is 15.3. The first-order valence-electron chi connectivity index (χ1n) is 8.46. The zero-order chi connectivity index (χ0) is 18.5. The van der Waals surface area contributed by atoms with Crippen LogP contribution < -0.4 is 0 Å². The molecular formula is C16H26N2O5SSi. The SMILES string of the molecule is CC(C)(C)[Si](C)(C)O[C@@H]1CO[C@H]2[C@@H]1OC[C@@H]2S(=O)(=O)c1ncccn1. The number of hydrogen-bond acceptors (Lipinski definition) is 7. The summed E-state index contributed by atoms with van der Waals surface area (Å²) < 4.78 is 43.6. The van der Waals surface area contributed by atoms with Gasteiger partial charge in [0.25, 0.3) is 0 Å². The Labute approximate surface area is 150 Å². The predicted molar refractivity (Wildman–Crippen MR) is 94.6 cm³/mol. The third-order valence-electron chi connectivity index (χ3n) is 5.41. The molecule has 140 valence electrons. The highest BCUT2D eigenvalue weighted by molar-refractivity contribution is 7.92. The van der Waals surface area contributed by atoms with E-state index in [1.165, 1.54) is 12.4 Å². The molecule has 0 amide bonds. The number of rotatable bonds is 4. The van der Waals surface area contributed by atoms with Crippen LogP contribution in [-0.4, -0.2) is 63.5 Å². The summed E-state index contributed by atoms with van der Waals surface area (Å²) in [5.41, 5.74) is 0. The second-order valence-electron chi connectivity index (χ2n) is 8.13. The van der Waals surface area contributed by atoms with Crippen LogP contribution in [0.5, 0.6) is 0 Å². The van der Waals surface area contributed by atoms with E-state index in [4.69, 9.17) is 13.9 Å². The van der Waals surface area contributed by atoms with Gasteiger partial charge in [0.15, 0.2) is 8.32 Å². The van der Waals surface area contributed by atoms with Gasteiger partial charge < -0.3 is 13.9 Å². The summed E-state index contributed by atoms with van der Waals surface area (Å²) in [6.07, 6.45) is 1.71. The summed E-state index contributed by atoms with van der Waals surface area (Å²) in [7, 11) is -5.70. The number of ether oxygens (including phenoxy) is 2. The third-order valence-corrected chi connectivity index (χ3v) is 11.8. The summed E-state index contributed by atoms with van der Waals surface area (Å²) in [6.45, 7) is 11.3. The van der Waals surface area contributed by atoms with E-state index in [2.05, 4.69) is 43.8 Å². The van der Waals surface area contributed by atoms with E-state index in [0.717, 1.165) is 0 Å². The van der Waals surface area contributed by atoms with Crippen molar-refractivity contribution >= 4 is 18.2 Å². The number of sulfone groups is 1. The van der Waals surface area contributed by atoms with Gasteiger partial charge in [-0.15, -0.1) is 0 Å². The third kappa shape index (κ3) is 3.40. The molecule has 1 aromatic heterocycles. The van der Waals surface area contributed by atoms with Crippen molar-refractivity contribution in [1.82, 2.24) is 9.97 Å². The van der Waals surface area contributed by atoms with E-state index in [9.17, 15) is 8.42 Å². The summed E-state index contributed by atoms with van der Waals surface area (Å²) >= 11 is 0. The Balaban J connectivity index is 1.77. The van der Waals surface area contributed by atoms with Gasteiger partial charge >= 0.3 is 0 Å². The standard InChI is InChI=1S/C16H26N2O5SSi/c1-16(2,3)25(4,5)23-11-9-21-14-12(10-22-13(11)14)24(19,20)15-17-7-6-8-18-15/h6-8,11-14H,9-10H2,1-5H3/t11-,12+,13-,14-/m1/s1. The van der Waals surface area contributed by atoms with Crippen molar-refractivity contribution in [2.24, 2.45) is 0 Å². The van der Waals surface area contributed by atoms with Gasteiger partial charge in [0.1, 0.15) is 17.5 Å². The largest absolute Gasteiger partial charge is 0.409 e. The van der Waals surface area contributed by atoms with Crippen molar-refractivity contribution in [1.29, 1.82) is 0 Å². The van der Waals surface area contributed by atoms with E-state index >= 15 is 0 Å². The molecule has 0 saturated carbocycles. The summed E-state index contributed by atoms with van der Waals surface area (Å²) in [5.74, 6) is 0. The van der Waals surface area contributed by atoms with Gasteiger partial charge in [-0.25, -0.2) is 18.4 Å². The molecule has 2 aliphatic rings. The Kier molecular flexibility index (Phi) is 4.82. The Morgan fingerprint density at radius 3 is 2.32 bits per heavy atom. The summed E-state index contributed by atoms with van der Waals surface area (Å²) in [6, 6.07) is 1.59. The van der Waals surface area contributed by atoms with Gasteiger partial charge in [0, 0.05) is 12.4 Å². The molecule has 3 heterocycles. The van der Waals surface area contributed by atoms with Crippen LogP contribution in [0.15, 0.2) is 23.6 Å². The molecule has 2 saturated heterocycles.